The van der Waals surface area contributed by atoms with Crippen LogP contribution in [0, 0.1) is 6.92 Å². The summed E-state index contributed by atoms with van der Waals surface area (Å²) in [6.45, 7) is 5.47. The van der Waals surface area contributed by atoms with E-state index in [4.69, 9.17) is 9.47 Å². The fourth-order valence-electron chi connectivity index (χ4n) is 4.20. The highest BCUT2D eigenvalue weighted by molar-refractivity contribution is 7.92. The monoisotopic (exact) mass is 494 g/mol. The average Bonchev–Trinajstić information content (AvgIpc) is 2.82. The van der Waals surface area contributed by atoms with Gasteiger partial charge in [-0.3, -0.25) is 9.10 Å². The van der Waals surface area contributed by atoms with Crippen molar-refractivity contribution in [3.8, 4) is 11.5 Å². The standard InChI is InChI=1S/C27H30N2O5S/c1-19-10-12-20(13-11-19)29(35(31,32)22-8-6-5-7-9-22)18-26(30)28-24-17-27(2,3)34-25-16-21(33-4)14-15-23(24)25/h5-16,24H,17-18H2,1-4H3,(H,28,30). The Balaban J connectivity index is 1.63. The number of sulfonamides is 1. The van der Waals surface area contributed by atoms with Gasteiger partial charge in [0.05, 0.1) is 23.7 Å². The second kappa shape index (κ2) is 9.62. The fraction of sp³-hybridized carbons (Fsp3) is 0.296. The Labute approximate surface area is 206 Å². The van der Waals surface area contributed by atoms with E-state index in [1.165, 1.54) is 12.1 Å². The van der Waals surface area contributed by atoms with E-state index < -0.39 is 21.5 Å². The zero-order valence-electron chi connectivity index (χ0n) is 20.3. The normalized spacial score (nSPS) is 16.5. The Morgan fingerprint density at radius 1 is 1.09 bits per heavy atom. The van der Waals surface area contributed by atoms with Gasteiger partial charge < -0.3 is 14.8 Å². The number of rotatable bonds is 7. The molecule has 0 aromatic heterocycles. The molecule has 0 saturated heterocycles. The number of benzene rings is 3. The first-order valence-electron chi connectivity index (χ1n) is 11.4. The van der Waals surface area contributed by atoms with Crippen molar-refractivity contribution >= 4 is 21.6 Å². The first kappa shape index (κ1) is 24.6. The van der Waals surface area contributed by atoms with Gasteiger partial charge in [0, 0.05) is 18.1 Å². The lowest BCUT2D eigenvalue weighted by Gasteiger charge is -2.38. The van der Waals surface area contributed by atoms with Crippen molar-refractivity contribution in [2.45, 2.75) is 43.7 Å². The van der Waals surface area contributed by atoms with Gasteiger partial charge in [-0.2, -0.15) is 0 Å². The highest BCUT2D eigenvalue weighted by Gasteiger charge is 2.36. The molecule has 3 aromatic rings. The van der Waals surface area contributed by atoms with E-state index in [0.29, 0.717) is 23.6 Å². The fourth-order valence-corrected chi connectivity index (χ4v) is 5.65. The average molecular weight is 495 g/mol. The van der Waals surface area contributed by atoms with Crippen molar-refractivity contribution in [3.63, 3.8) is 0 Å². The number of anilines is 1. The predicted molar refractivity (Wildman–Crippen MR) is 135 cm³/mol. The number of ether oxygens (including phenoxy) is 2. The molecule has 4 rings (SSSR count). The maximum absolute atomic E-state index is 13.5. The van der Waals surface area contributed by atoms with Crippen molar-refractivity contribution in [2.24, 2.45) is 0 Å². The number of hydrogen-bond acceptors (Lipinski definition) is 5. The molecule has 7 nitrogen and oxygen atoms in total. The van der Waals surface area contributed by atoms with E-state index in [1.54, 1.807) is 43.5 Å². The van der Waals surface area contributed by atoms with E-state index in [9.17, 15) is 13.2 Å². The Bertz CT molecular complexity index is 1310. The van der Waals surface area contributed by atoms with Gasteiger partial charge in [0.2, 0.25) is 5.91 Å². The van der Waals surface area contributed by atoms with E-state index in [1.807, 2.05) is 45.0 Å². The Hall–Kier alpha value is -3.52. The summed E-state index contributed by atoms with van der Waals surface area (Å²) in [7, 11) is -2.38. The third-order valence-corrected chi connectivity index (χ3v) is 7.74. The lowest BCUT2D eigenvalue weighted by atomic mass is 9.89. The highest BCUT2D eigenvalue weighted by Crippen LogP contribution is 2.41. The summed E-state index contributed by atoms with van der Waals surface area (Å²) < 4.78 is 39.6. The van der Waals surface area contributed by atoms with Crippen molar-refractivity contribution in [3.05, 3.63) is 83.9 Å². The van der Waals surface area contributed by atoms with Crippen molar-refractivity contribution in [2.75, 3.05) is 18.0 Å². The van der Waals surface area contributed by atoms with Crippen LogP contribution >= 0.6 is 0 Å². The number of nitrogens with one attached hydrogen (secondary N) is 1. The summed E-state index contributed by atoms with van der Waals surface area (Å²) in [5.74, 6) is 0.888. The molecule has 1 unspecified atom stereocenters. The molecule has 1 amide bonds. The molecule has 0 saturated carbocycles. The number of aryl methyl sites for hydroxylation is 1. The maximum atomic E-state index is 13.5. The van der Waals surface area contributed by atoms with Gasteiger partial charge in [-0.25, -0.2) is 8.42 Å². The van der Waals surface area contributed by atoms with Crippen molar-refractivity contribution in [1.82, 2.24) is 5.32 Å². The Morgan fingerprint density at radius 3 is 2.43 bits per heavy atom. The molecule has 1 atom stereocenters. The molecule has 184 valence electrons. The van der Waals surface area contributed by atoms with E-state index in [2.05, 4.69) is 5.32 Å². The zero-order chi connectivity index (χ0) is 25.2. The summed E-state index contributed by atoms with van der Waals surface area (Å²) >= 11 is 0. The molecule has 8 heteroatoms. The number of hydrogen-bond donors (Lipinski definition) is 1. The number of nitrogens with zero attached hydrogens (tertiary/aromatic N) is 1. The van der Waals surface area contributed by atoms with Crippen LogP contribution in [0.25, 0.3) is 0 Å². The van der Waals surface area contributed by atoms with Gasteiger partial charge in [-0.05, 0) is 57.2 Å². The van der Waals surface area contributed by atoms with Gasteiger partial charge in [0.1, 0.15) is 23.6 Å². The number of amides is 1. The van der Waals surface area contributed by atoms with E-state index in [-0.39, 0.29) is 17.5 Å². The number of fused-ring (bicyclic) bond motifs is 1. The summed E-state index contributed by atoms with van der Waals surface area (Å²) in [5.41, 5.74) is 1.72. The molecule has 0 bridgehead atoms. The van der Waals surface area contributed by atoms with Gasteiger partial charge >= 0.3 is 0 Å². The van der Waals surface area contributed by atoms with Crippen LogP contribution in [0.5, 0.6) is 11.5 Å². The van der Waals surface area contributed by atoms with Gasteiger partial charge in [0.15, 0.2) is 0 Å². The molecule has 0 aliphatic carbocycles. The molecule has 1 aliphatic heterocycles. The maximum Gasteiger partial charge on any atom is 0.264 e. The topological polar surface area (TPSA) is 84.9 Å². The molecular weight excluding hydrogens is 464 g/mol. The van der Waals surface area contributed by atoms with Crippen LogP contribution in [0.15, 0.2) is 77.7 Å². The lowest BCUT2D eigenvalue weighted by Crippen LogP contribution is -2.45. The SMILES string of the molecule is COc1ccc2c(c1)OC(C)(C)CC2NC(=O)CN(c1ccc(C)cc1)S(=O)(=O)c1ccccc1. The summed E-state index contributed by atoms with van der Waals surface area (Å²) in [5, 5.41) is 3.04. The highest BCUT2D eigenvalue weighted by atomic mass is 32.2. The molecule has 0 radical (unpaired) electrons. The van der Waals surface area contributed by atoms with Crippen molar-refractivity contribution in [1.29, 1.82) is 0 Å². The Morgan fingerprint density at radius 2 is 1.77 bits per heavy atom. The molecular formula is C27H30N2O5S. The zero-order valence-corrected chi connectivity index (χ0v) is 21.1. The minimum atomic E-state index is -3.96. The largest absolute Gasteiger partial charge is 0.497 e. The second-order valence-corrected chi connectivity index (χ2v) is 11.1. The molecule has 1 aliphatic rings. The summed E-state index contributed by atoms with van der Waals surface area (Å²) in [6, 6.07) is 20.3. The van der Waals surface area contributed by atoms with E-state index in [0.717, 1.165) is 15.4 Å². The van der Waals surface area contributed by atoms with Gasteiger partial charge in [-0.1, -0.05) is 35.9 Å². The van der Waals surface area contributed by atoms with Crippen LogP contribution in [0.1, 0.15) is 37.4 Å². The number of carbonyl (C=O) groups is 1. The van der Waals surface area contributed by atoms with E-state index >= 15 is 0 Å². The third-order valence-electron chi connectivity index (χ3n) is 5.95. The first-order chi connectivity index (χ1) is 16.6. The Kier molecular flexibility index (Phi) is 6.76. The van der Waals surface area contributed by atoms with Crippen molar-refractivity contribution < 1.29 is 22.7 Å². The molecule has 1 heterocycles. The minimum absolute atomic E-state index is 0.123. The molecule has 3 aromatic carbocycles. The third kappa shape index (κ3) is 5.43. The van der Waals surface area contributed by atoms with Crippen LogP contribution in [-0.2, 0) is 14.8 Å². The molecule has 0 fully saturated rings. The molecule has 35 heavy (non-hydrogen) atoms. The molecule has 1 N–H and O–H groups in total. The van der Waals surface area contributed by atoms with Crippen LogP contribution in [0.4, 0.5) is 5.69 Å². The van der Waals surface area contributed by atoms with Crippen LogP contribution in [0.2, 0.25) is 0 Å². The molecule has 0 spiro atoms. The second-order valence-electron chi connectivity index (χ2n) is 9.25. The van der Waals surface area contributed by atoms with Gasteiger partial charge in [-0.15, -0.1) is 0 Å². The summed E-state index contributed by atoms with van der Waals surface area (Å²) in [4.78, 5) is 13.4. The number of carbonyl (C=O) groups excluding carboxylic acids is 1. The minimum Gasteiger partial charge on any atom is -0.497 e. The quantitative estimate of drug-likeness (QED) is 0.518. The van der Waals surface area contributed by atoms with Gasteiger partial charge in [0.25, 0.3) is 10.0 Å². The first-order valence-corrected chi connectivity index (χ1v) is 12.8. The lowest BCUT2D eigenvalue weighted by molar-refractivity contribution is -0.120. The summed E-state index contributed by atoms with van der Waals surface area (Å²) in [6.07, 6.45) is 0.536. The van der Waals surface area contributed by atoms with Crippen LogP contribution in [0.3, 0.4) is 0 Å². The number of methoxy groups -OCH3 is 1. The smallest absolute Gasteiger partial charge is 0.264 e. The predicted octanol–water partition coefficient (Wildman–Crippen LogP) is 4.62. The van der Waals surface area contributed by atoms with Crippen LogP contribution in [-0.4, -0.2) is 33.6 Å². The van der Waals surface area contributed by atoms with Crippen LogP contribution < -0.4 is 19.1 Å².